The van der Waals surface area contributed by atoms with Crippen LogP contribution in [0.3, 0.4) is 0 Å². The Hall–Kier alpha value is -3.80. The van der Waals surface area contributed by atoms with Gasteiger partial charge in [0, 0.05) is 30.6 Å². The molecule has 2 heterocycles. The third-order valence-corrected chi connectivity index (χ3v) is 5.63. The summed E-state index contributed by atoms with van der Waals surface area (Å²) in [6.07, 6.45) is 0.343. The molecule has 1 aliphatic rings. The van der Waals surface area contributed by atoms with Crippen LogP contribution in [-0.2, 0) is 16.0 Å². The van der Waals surface area contributed by atoms with Crippen molar-refractivity contribution in [2.45, 2.75) is 24.0 Å². The third kappa shape index (κ3) is 5.52. The largest absolute Gasteiger partial charge is 0.334 e. The molecule has 0 bridgehead atoms. The lowest BCUT2D eigenvalue weighted by atomic mass is 10.1. The van der Waals surface area contributed by atoms with Crippen LogP contribution < -0.4 is 16.0 Å². The molecule has 33 heavy (non-hydrogen) atoms. The van der Waals surface area contributed by atoms with Gasteiger partial charge in [0.05, 0.1) is 11.4 Å². The second-order valence-corrected chi connectivity index (χ2v) is 8.10. The Morgan fingerprint density at radius 2 is 1.94 bits per heavy atom. The molecule has 9 nitrogen and oxygen atoms in total. The SMILES string of the molecule is O=C1CC(Cc2nnc(SCC(=O)Nc3ccc(F)cc3F)n2-c2ccccc2)NC(=O)N1. The first-order valence-corrected chi connectivity index (χ1v) is 10.9. The lowest BCUT2D eigenvalue weighted by Gasteiger charge is -2.23. The summed E-state index contributed by atoms with van der Waals surface area (Å²) in [5.74, 6) is -2.12. The van der Waals surface area contributed by atoms with Gasteiger partial charge in [-0.25, -0.2) is 13.6 Å². The average Bonchev–Trinajstić information content (AvgIpc) is 3.16. The maximum absolute atomic E-state index is 13.8. The second-order valence-electron chi connectivity index (χ2n) is 7.16. The van der Waals surface area contributed by atoms with Gasteiger partial charge in [0.1, 0.15) is 17.5 Å². The van der Waals surface area contributed by atoms with Gasteiger partial charge in [-0.15, -0.1) is 10.2 Å². The number of anilines is 1. The summed E-state index contributed by atoms with van der Waals surface area (Å²) < 4.78 is 28.6. The zero-order chi connectivity index (χ0) is 23.4. The molecule has 4 rings (SSSR count). The molecule has 1 unspecified atom stereocenters. The fraction of sp³-hybridized carbons (Fsp3) is 0.190. The van der Waals surface area contributed by atoms with Gasteiger partial charge in [-0.1, -0.05) is 30.0 Å². The molecule has 3 N–H and O–H groups in total. The number of nitrogens with zero attached hydrogens (tertiary/aromatic N) is 3. The molecule has 12 heteroatoms. The predicted molar refractivity (Wildman–Crippen MR) is 116 cm³/mol. The summed E-state index contributed by atoms with van der Waals surface area (Å²) in [6, 6.07) is 11.0. The van der Waals surface area contributed by atoms with Gasteiger partial charge in [-0.05, 0) is 24.3 Å². The van der Waals surface area contributed by atoms with Gasteiger partial charge < -0.3 is 10.6 Å². The van der Waals surface area contributed by atoms with E-state index >= 15 is 0 Å². The molecule has 170 valence electrons. The van der Waals surface area contributed by atoms with Crippen molar-refractivity contribution in [1.82, 2.24) is 25.4 Å². The van der Waals surface area contributed by atoms with E-state index in [0.29, 0.717) is 17.0 Å². The smallest absolute Gasteiger partial charge is 0.321 e. The van der Waals surface area contributed by atoms with Crippen molar-refractivity contribution < 1.29 is 23.2 Å². The zero-order valence-electron chi connectivity index (χ0n) is 17.0. The van der Waals surface area contributed by atoms with Crippen molar-refractivity contribution in [3.8, 4) is 5.69 Å². The van der Waals surface area contributed by atoms with Gasteiger partial charge in [0.25, 0.3) is 0 Å². The van der Waals surface area contributed by atoms with Crippen LogP contribution in [0.1, 0.15) is 12.2 Å². The van der Waals surface area contributed by atoms with Gasteiger partial charge >= 0.3 is 6.03 Å². The molecule has 3 aromatic rings. The Balaban J connectivity index is 1.51. The van der Waals surface area contributed by atoms with Crippen LogP contribution >= 0.6 is 11.8 Å². The number of halogens is 2. The molecule has 4 amide bonds. The number of rotatable bonds is 7. The maximum atomic E-state index is 13.8. The lowest BCUT2D eigenvalue weighted by molar-refractivity contribution is -0.121. The number of nitrogens with one attached hydrogen (secondary N) is 3. The van der Waals surface area contributed by atoms with Crippen LogP contribution in [0.2, 0.25) is 0 Å². The van der Waals surface area contributed by atoms with E-state index in [4.69, 9.17) is 0 Å². The number of urea groups is 1. The number of carbonyl (C=O) groups excluding carboxylic acids is 3. The molecule has 1 fully saturated rings. The molecule has 0 aliphatic carbocycles. The molecule has 1 aromatic heterocycles. The Labute approximate surface area is 191 Å². The number of thioether (sulfide) groups is 1. The van der Waals surface area contributed by atoms with Gasteiger partial charge in [-0.3, -0.25) is 19.5 Å². The fourth-order valence-corrected chi connectivity index (χ4v) is 4.06. The van der Waals surface area contributed by atoms with E-state index in [1.165, 1.54) is 0 Å². The quantitative estimate of drug-likeness (QED) is 0.455. The Bertz CT molecular complexity index is 1190. The van der Waals surface area contributed by atoms with E-state index in [-0.39, 0.29) is 30.2 Å². The van der Waals surface area contributed by atoms with Crippen molar-refractivity contribution in [3.63, 3.8) is 0 Å². The minimum Gasteiger partial charge on any atom is -0.334 e. The van der Waals surface area contributed by atoms with Crippen molar-refractivity contribution in [1.29, 1.82) is 0 Å². The van der Waals surface area contributed by atoms with Crippen molar-refractivity contribution in [2.24, 2.45) is 0 Å². The Morgan fingerprint density at radius 3 is 2.67 bits per heavy atom. The van der Waals surface area contributed by atoms with Crippen molar-refractivity contribution in [2.75, 3.05) is 11.1 Å². The molecule has 1 atom stereocenters. The van der Waals surface area contributed by atoms with E-state index < -0.39 is 29.6 Å². The maximum Gasteiger partial charge on any atom is 0.321 e. The highest BCUT2D eigenvalue weighted by atomic mass is 32.2. The molecule has 2 aromatic carbocycles. The summed E-state index contributed by atoms with van der Waals surface area (Å²) >= 11 is 1.08. The number of hydrogen-bond acceptors (Lipinski definition) is 6. The number of benzene rings is 2. The van der Waals surface area contributed by atoms with Crippen LogP contribution in [0.15, 0.2) is 53.7 Å². The Morgan fingerprint density at radius 1 is 1.15 bits per heavy atom. The number of hydrogen-bond donors (Lipinski definition) is 3. The van der Waals surface area contributed by atoms with E-state index in [9.17, 15) is 23.2 Å². The van der Waals surface area contributed by atoms with Gasteiger partial charge in [-0.2, -0.15) is 0 Å². The number of amides is 4. The summed E-state index contributed by atoms with van der Waals surface area (Å²) in [6.45, 7) is 0. The summed E-state index contributed by atoms with van der Waals surface area (Å²) in [5.41, 5.74) is 0.607. The van der Waals surface area contributed by atoms with E-state index in [0.717, 1.165) is 29.6 Å². The van der Waals surface area contributed by atoms with Crippen molar-refractivity contribution >= 4 is 35.3 Å². The fourth-order valence-electron chi connectivity index (χ4n) is 3.29. The highest BCUT2D eigenvalue weighted by molar-refractivity contribution is 7.99. The van der Waals surface area contributed by atoms with E-state index in [2.05, 4.69) is 26.1 Å². The van der Waals surface area contributed by atoms with E-state index in [1.807, 2.05) is 30.3 Å². The molecule has 0 spiro atoms. The monoisotopic (exact) mass is 472 g/mol. The second kappa shape index (κ2) is 9.77. The summed E-state index contributed by atoms with van der Waals surface area (Å²) in [4.78, 5) is 35.6. The van der Waals surface area contributed by atoms with Crippen LogP contribution in [0, 0.1) is 11.6 Å². The van der Waals surface area contributed by atoms with Crippen LogP contribution in [0.5, 0.6) is 0 Å². The predicted octanol–water partition coefficient (Wildman–Crippen LogP) is 2.42. The normalized spacial score (nSPS) is 15.6. The van der Waals surface area contributed by atoms with Crippen LogP contribution in [0.25, 0.3) is 5.69 Å². The molecule has 0 saturated carbocycles. The highest BCUT2D eigenvalue weighted by Gasteiger charge is 2.27. The number of aromatic nitrogens is 3. The number of carbonyl (C=O) groups is 3. The summed E-state index contributed by atoms with van der Waals surface area (Å²) in [7, 11) is 0. The lowest BCUT2D eigenvalue weighted by Crippen LogP contribution is -2.53. The number of imide groups is 1. The molecular formula is C21H18F2N6O3S. The van der Waals surface area contributed by atoms with Gasteiger partial charge in [0.2, 0.25) is 11.8 Å². The minimum absolute atomic E-state index is 0.0987. The minimum atomic E-state index is -0.873. The van der Waals surface area contributed by atoms with Gasteiger partial charge in [0.15, 0.2) is 5.16 Å². The standard InChI is InChI=1S/C21H18F2N6O3S/c22-12-6-7-16(15(23)8-12)25-19(31)11-33-21-28-27-17(29(21)14-4-2-1-3-5-14)9-13-10-18(30)26-20(32)24-13/h1-8,13H,9-11H2,(H,25,31)(H2,24,26,30,32). The molecule has 0 radical (unpaired) electrons. The van der Waals surface area contributed by atoms with Crippen molar-refractivity contribution in [3.05, 3.63) is 66.0 Å². The first-order chi connectivity index (χ1) is 15.9. The molecule has 1 aliphatic heterocycles. The summed E-state index contributed by atoms with van der Waals surface area (Å²) in [5, 5.41) is 16.0. The van der Waals surface area contributed by atoms with Crippen LogP contribution in [0.4, 0.5) is 19.3 Å². The average molecular weight is 472 g/mol. The molecule has 1 saturated heterocycles. The first-order valence-electron chi connectivity index (χ1n) is 9.87. The number of para-hydroxylation sites is 1. The molecular weight excluding hydrogens is 454 g/mol. The van der Waals surface area contributed by atoms with Crippen LogP contribution in [-0.4, -0.2) is 44.4 Å². The topological polar surface area (TPSA) is 118 Å². The first kappa shape index (κ1) is 22.4. The zero-order valence-corrected chi connectivity index (χ0v) is 17.9. The highest BCUT2D eigenvalue weighted by Crippen LogP contribution is 2.24. The Kier molecular flexibility index (Phi) is 6.63. The van der Waals surface area contributed by atoms with E-state index in [1.54, 1.807) is 4.57 Å². The third-order valence-electron chi connectivity index (χ3n) is 4.70.